The molecule has 4 rings (SSSR count). The zero-order chi connectivity index (χ0) is 26.0. The van der Waals surface area contributed by atoms with Crippen molar-refractivity contribution in [3.8, 4) is 0 Å². The number of carbonyl (C=O) groups is 3. The van der Waals surface area contributed by atoms with Crippen molar-refractivity contribution < 1.29 is 31.9 Å². The first-order valence-electron chi connectivity index (χ1n) is 11.8. The zero-order valence-corrected chi connectivity index (χ0v) is 21.6. The predicted octanol–water partition coefficient (Wildman–Crippen LogP) is 3.69. The van der Waals surface area contributed by atoms with Crippen LogP contribution in [0.15, 0.2) is 29.2 Å². The van der Waals surface area contributed by atoms with Crippen LogP contribution < -0.4 is 10.6 Å². The molecule has 0 spiro atoms. The molecule has 2 aromatic rings. The van der Waals surface area contributed by atoms with Crippen molar-refractivity contribution in [3.05, 3.63) is 46.1 Å². The van der Waals surface area contributed by atoms with Crippen LogP contribution in [0.1, 0.15) is 53.9 Å². The van der Waals surface area contributed by atoms with E-state index in [0.717, 1.165) is 39.7 Å². The Morgan fingerprint density at radius 1 is 1.19 bits per heavy atom. The summed E-state index contributed by atoms with van der Waals surface area (Å²) in [4.78, 5) is 39.1. The summed E-state index contributed by atoms with van der Waals surface area (Å²) < 4.78 is 45.6. The number of halogens is 1. The number of ether oxygens (including phenoxy) is 1. The fourth-order valence-corrected chi connectivity index (χ4v) is 7.70. The van der Waals surface area contributed by atoms with Crippen molar-refractivity contribution in [2.24, 2.45) is 5.92 Å². The number of imide groups is 1. The Balaban J connectivity index is 1.61. The van der Waals surface area contributed by atoms with Crippen molar-refractivity contribution in [1.29, 1.82) is 0 Å². The van der Waals surface area contributed by atoms with Crippen LogP contribution in [-0.2, 0) is 32.4 Å². The molecular formula is C24H28FN3O6S2. The summed E-state index contributed by atoms with van der Waals surface area (Å²) in [7, 11) is -4.03. The van der Waals surface area contributed by atoms with Crippen molar-refractivity contribution in [3.63, 3.8) is 0 Å². The molecule has 2 heterocycles. The number of nitrogens with one attached hydrogen (secondary N) is 2. The first kappa shape index (κ1) is 26.2. The van der Waals surface area contributed by atoms with Gasteiger partial charge in [-0.15, -0.1) is 11.3 Å². The third kappa shape index (κ3) is 5.30. The van der Waals surface area contributed by atoms with E-state index >= 15 is 0 Å². The van der Waals surface area contributed by atoms with Gasteiger partial charge in [-0.2, -0.15) is 4.31 Å². The van der Waals surface area contributed by atoms with Gasteiger partial charge in [0.05, 0.1) is 17.1 Å². The molecule has 12 heteroatoms. The Morgan fingerprint density at radius 3 is 2.61 bits per heavy atom. The number of sulfonamides is 1. The Morgan fingerprint density at radius 2 is 1.92 bits per heavy atom. The van der Waals surface area contributed by atoms with E-state index in [1.165, 1.54) is 23.5 Å². The molecule has 2 N–H and O–H groups in total. The fourth-order valence-electron chi connectivity index (χ4n) is 4.63. The van der Waals surface area contributed by atoms with Crippen molar-refractivity contribution in [2.45, 2.75) is 56.9 Å². The second kappa shape index (κ2) is 10.7. The van der Waals surface area contributed by atoms with Crippen LogP contribution in [0, 0.1) is 11.7 Å². The van der Waals surface area contributed by atoms with Crippen molar-refractivity contribution in [2.75, 3.05) is 18.5 Å². The highest BCUT2D eigenvalue weighted by Crippen LogP contribution is 2.40. The molecule has 3 amide bonds. The monoisotopic (exact) mass is 537 g/mol. The summed E-state index contributed by atoms with van der Waals surface area (Å²) in [6.45, 7) is 3.97. The van der Waals surface area contributed by atoms with Crippen LogP contribution in [0.3, 0.4) is 0 Å². The molecule has 0 radical (unpaired) electrons. The van der Waals surface area contributed by atoms with Gasteiger partial charge < -0.3 is 10.1 Å². The molecule has 1 aliphatic carbocycles. The van der Waals surface area contributed by atoms with Gasteiger partial charge in [0.15, 0.2) is 0 Å². The van der Waals surface area contributed by atoms with Crippen LogP contribution in [0.2, 0.25) is 0 Å². The quantitative estimate of drug-likeness (QED) is 0.580. The van der Waals surface area contributed by atoms with E-state index in [0.29, 0.717) is 25.2 Å². The van der Waals surface area contributed by atoms with Gasteiger partial charge in [-0.05, 0) is 74.8 Å². The number of hydrogen-bond donors (Lipinski definition) is 2. The van der Waals surface area contributed by atoms with E-state index < -0.39 is 39.8 Å². The second-order valence-corrected chi connectivity index (χ2v) is 11.9. The summed E-state index contributed by atoms with van der Waals surface area (Å²) in [6.07, 6.45) is 2.14. The van der Waals surface area contributed by atoms with Crippen LogP contribution in [-0.4, -0.2) is 49.8 Å². The van der Waals surface area contributed by atoms with Crippen molar-refractivity contribution >= 4 is 44.3 Å². The third-order valence-corrected chi connectivity index (χ3v) is 9.49. The second-order valence-electron chi connectivity index (χ2n) is 8.95. The minimum Gasteiger partial charge on any atom is -0.450 e. The number of nitrogens with zero attached hydrogens (tertiary/aromatic N) is 1. The molecule has 1 saturated heterocycles. The highest BCUT2D eigenvalue weighted by atomic mass is 32.2. The molecule has 0 saturated carbocycles. The number of alkyl carbamates (subject to hydrolysis) is 1. The number of carbonyl (C=O) groups excluding carboxylic acids is 3. The average molecular weight is 538 g/mol. The van der Waals surface area contributed by atoms with E-state index in [1.54, 1.807) is 6.92 Å². The smallest absolute Gasteiger partial charge is 0.414 e. The molecule has 194 valence electrons. The van der Waals surface area contributed by atoms with Crippen LogP contribution in [0.5, 0.6) is 0 Å². The lowest BCUT2D eigenvalue weighted by Crippen LogP contribution is -2.43. The van der Waals surface area contributed by atoms with E-state index in [9.17, 15) is 27.2 Å². The fraction of sp³-hybridized carbons (Fsp3) is 0.458. The molecule has 9 nitrogen and oxygen atoms in total. The summed E-state index contributed by atoms with van der Waals surface area (Å²) in [5.74, 6) is -1.38. The van der Waals surface area contributed by atoms with E-state index in [4.69, 9.17) is 4.74 Å². The minimum atomic E-state index is -4.03. The lowest BCUT2D eigenvalue weighted by molar-refractivity contribution is -0.119. The van der Waals surface area contributed by atoms with Gasteiger partial charge in [0.2, 0.25) is 15.9 Å². The largest absolute Gasteiger partial charge is 0.450 e. The first-order valence-corrected chi connectivity index (χ1v) is 14.1. The Kier molecular flexibility index (Phi) is 7.76. The summed E-state index contributed by atoms with van der Waals surface area (Å²) in [5, 5.41) is 5.26. The third-order valence-electron chi connectivity index (χ3n) is 6.39. The SMILES string of the molecule is CCOC(=O)NC(=O)c1c(NC(=O)C2CCCN2S(=O)(=O)c2ccc(F)cc2)sc2c1CCC(C)C2. The molecule has 0 bridgehead atoms. The van der Waals surface area contributed by atoms with Crippen molar-refractivity contribution in [1.82, 2.24) is 9.62 Å². The van der Waals surface area contributed by atoms with Gasteiger partial charge in [0.1, 0.15) is 16.9 Å². The van der Waals surface area contributed by atoms with Gasteiger partial charge in [0, 0.05) is 11.4 Å². The Bertz CT molecular complexity index is 1280. The summed E-state index contributed by atoms with van der Waals surface area (Å²) in [5.41, 5.74) is 1.01. The first-order chi connectivity index (χ1) is 17.1. The normalized spacial score (nSPS) is 20.0. The van der Waals surface area contributed by atoms with Crippen LogP contribution in [0.4, 0.5) is 14.2 Å². The molecule has 1 aromatic heterocycles. The molecule has 2 atom stereocenters. The van der Waals surface area contributed by atoms with Gasteiger partial charge in [0.25, 0.3) is 5.91 Å². The Labute approximate surface area is 213 Å². The molecule has 1 aromatic carbocycles. The Hall–Kier alpha value is -2.83. The molecule has 2 aliphatic rings. The predicted molar refractivity (Wildman–Crippen MR) is 132 cm³/mol. The maximum Gasteiger partial charge on any atom is 0.414 e. The van der Waals surface area contributed by atoms with Crippen LogP contribution in [0.25, 0.3) is 0 Å². The summed E-state index contributed by atoms with van der Waals surface area (Å²) in [6, 6.07) is 3.47. The van der Waals surface area contributed by atoms with Gasteiger partial charge in [-0.3, -0.25) is 14.9 Å². The minimum absolute atomic E-state index is 0.0984. The molecular weight excluding hydrogens is 509 g/mol. The molecule has 1 aliphatic heterocycles. The van der Waals surface area contributed by atoms with E-state index in [1.807, 2.05) is 0 Å². The lowest BCUT2D eigenvalue weighted by atomic mass is 9.88. The number of anilines is 1. The molecule has 1 fully saturated rings. The van der Waals surface area contributed by atoms with Gasteiger partial charge >= 0.3 is 6.09 Å². The highest BCUT2D eigenvalue weighted by molar-refractivity contribution is 7.89. The van der Waals surface area contributed by atoms with Gasteiger partial charge in [-0.1, -0.05) is 6.92 Å². The maximum absolute atomic E-state index is 13.3. The van der Waals surface area contributed by atoms with E-state index in [-0.39, 0.29) is 28.6 Å². The maximum atomic E-state index is 13.3. The summed E-state index contributed by atoms with van der Waals surface area (Å²) >= 11 is 1.27. The lowest BCUT2D eigenvalue weighted by Gasteiger charge is -2.23. The number of thiophene rings is 1. The number of fused-ring (bicyclic) bond motifs is 1. The van der Waals surface area contributed by atoms with Gasteiger partial charge in [-0.25, -0.2) is 17.6 Å². The zero-order valence-electron chi connectivity index (χ0n) is 20.0. The highest BCUT2D eigenvalue weighted by Gasteiger charge is 2.40. The van der Waals surface area contributed by atoms with Crippen LogP contribution >= 0.6 is 11.3 Å². The average Bonchev–Trinajstić information content (AvgIpc) is 3.44. The topological polar surface area (TPSA) is 122 Å². The standard InChI is InChI=1S/C24H28FN3O6S2/c1-3-34-24(31)27-22(30)20-17-11-6-14(2)13-19(17)35-23(20)26-21(29)18-5-4-12-28(18)36(32,33)16-9-7-15(25)8-10-16/h7-10,14,18H,3-6,11-13H2,1-2H3,(H,26,29)(H,27,30,31). The number of rotatable bonds is 6. The number of benzene rings is 1. The van der Waals surface area contributed by atoms with E-state index in [2.05, 4.69) is 17.6 Å². The molecule has 36 heavy (non-hydrogen) atoms. The number of hydrogen-bond acceptors (Lipinski definition) is 7. The molecule has 2 unspecified atom stereocenters. The number of amides is 3.